The number of aromatic nitrogens is 2. The van der Waals surface area contributed by atoms with Gasteiger partial charge in [-0.15, -0.1) is 0 Å². The zero-order chi connectivity index (χ0) is 12.8. The Bertz CT molecular complexity index is 467. The summed E-state index contributed by atoms with van der Waals surface area (Å²) in [6.07, 6.45) is 2.09. The number of aryl methyl sites for hydroxylation is 1. The van der Waals surface area contributed by atoms with Crippen molar-refractivity contribution in [2.75, 3.05) is 0 Å². The van der Waals surface area contributed by atoms with Crippen molar-refractivity contribution in [1.82, 2.24) is 15.5 Å². The summed E-state index contributed by atoms with van der Waals surface area (Å²) in [6, 6.07) is 10.9. The van der Waals surface area contributed by atoms with Crippen LogP contribution < -0.4 is 5.32 Å². The maximum absolute atomic E-state index is 5.09. The van der Waals surface area contributed by atoms with Crippen LogP contribution in [0.1, 0.15) is 30.6 Å². The third-order valence-electron chi connectivity index (χ3n) is 2.93. The van der Waals surface area contributed by atoms with E-state index in [1.54, 1.807) is 0 Å². The average Bonchev–Trinajstić information content (AvgIpc) is 2.81. The SMILES string of the molecule is CCC(Cc1ccccc1)NCc1nc(C)no1. The molecule has 96 valence electrons. The summed E-state index contributed by atoms with van der Waals surface area (Å²) in [7, 11) is 0. The zero-order valence-corrected chi connectivity index (χ0v) is 10.9. The Morgan fingerprint density at radius 2 is 2.06 bits per heavy atom. The van der Waals surface area contributed by atoms with E-state index in [4.69, 9.17) is 4.52 Å². The first kappa shape index (κ1) is 12.8. The molecule has 0 fully saturated rings. The smallest absolute Gasteiger partial charge is 0.240 e. The number of hydrogen-bond acceptors (Lipinski definition) is 4. The van der Waals surface area contributed by atoms with Crippen molar-refractivity contribution < 1.29 is 4.52 Å². The minimum Gasteiger partial charge on any atom is -0.338 e. The van der Waals surface area contributed by atoms with Gasteiger partial charge in [0.2, 0.25) is 5.89 Å². The van der Waals surface area contributed by atoms with E-state index in [1.165, 1.54) is 5.56 Å². The predicted octanol–water partition coefficient (Wildman–Crippen LogP) is 2.49. The minimum absolute atomic E-state index is 0.430. The van der Waals surface area contributed by atoms with Gasteiger partial charge in [-0.1, -0.05) is 42.4 Å². The summed E-state index contributed by atoms with van der Waals surface area (Å²) in [4.78, 5) is 4.18. The molecule has 0 aliphatic rings. The van der Waals surface area contributed by atoms with Crippen molar-refractivity contribution in [3.05, 3.63) is 47.6 Å². The van der Waals surface area contributed by atoms with E-state index in [-0.39, 0.29) is 0 Å². The second-order valence-corrected chi connectivity index (χ2v) is 4.41. The fourth-order valence-corrected chi connectivity index (χ4v) is 1.90. The Balaban J connectivity index is 1.86. The highest BCUT2D eigenvalue weighted by atomic mass is 16.5. The van der Waals surface area contributed by atoms with Gasteiger partial charge in [0.05, 0.1) is 6.54 Å². The molecule has 2 rings (SSSR count). The predicted molar refractivity (Wildman–Crippen MR) is 70.1 cm³/mol. The maximum atomic E-state index is 5.09. The van der Waals surface area contributed by atoms with E-state index in [0.717, 1.165) is 12.8 Å². The Morgan fingerprint density at radius 1 is 1.28 bits per heavy atom. The van der Waals surface area contributed by atoms with E-state index in [2.05, 4.69) is 46.6 Å². The molecule has 4 heteroatoms. The van der Waals surface area contributed by atoms with Crippen LogP contribution in [0, 0.1) is 6.92 Å². The fraction of sp³-hybridized carbons (Fsp3) is 0.429. The monoisotopic (exact) mass is 245 g/mol. The lowest BCUT2D eigenvalue weighted by atomic mass is 10.0. The third-order valence-corrected chi connectivity index (χ3v) is 2.93. The lowest BCUT2D eigenvalue weighted by molar-refractivity contribution is 0.351. The summed E-state index contributed by atoms with van der Waals surface area (Å²) >= 11 is 0. The van der Waals surface area contributed by atoms with Crippen LogP contribution in [0.25, 0.3) is 0 Å². The number of hydrogen-bond donors (Lipinski definition) is 1. The molecule has 0 amide bonds. The third kappa shape index (κ3) is 3.67. The van der Waals surface area contributed by atoms with Gasteiger partial charge in [0.1, 0.15) is 0 Å². The molecule has 1 aromatic carbocycles. The Morgan fingerprint density at radius 3 is 2.67 bits per heavy atom. The first-order valence-corrected chi connectivity index (χ1v) is 6.34. The van der Waals surface area contributed by atoms with Crippen molar-refractivity contribution >= 4 is 0 Å². The highest BCUT2D eigenvalue weighted by Crippen LogP contribution is 2.06. The van der Waals surface area contributed by atoms with E-state index in [0.29, 0.717) is 24.3 Å². The largest absolute Gasteiger partial charge is 0.338 e. The van der Waals surface area contributed by atoms with Gasteiger partial charge in [0, 0.05) is 6.04 Å². The fourth-order valence-electron chi connectivity index (χ4n) is 1.90. The van der Waals surface area contributed by atoms with Crippen molar-refractivity contribution in [1.29, 1.82) is 0 Å². The van der Waals surface area contributed by atoms with E-state index in [9.17, 15) is 0 Å². The van der Waals surface area contributed by atoms with Crippen LogP contribution in [0.2, 0.25) is 0 Å². The van der Waals surface area contributed by atoms with Crippen molar-refractivity contribution in [3.63, 3.8) is 0 Å². The van der Waals surface area contributed by atoms with Gasteiger partial charge in [-0.25, -0.2) is 0 Å². The van der Waals surface area contributed by atoms with Gasteiger partial charge in [-0.3, -0.25) is 0 Å². The first-order chi connectivity index (χ1) is 8.78. The Kier molecular flexibility index (Phi) is 4.47. The highest BCUT2D eigenvalue weighted by molar-refractivity contribution is 5.15. The molecule has 0 bridgehead atoms. The standard InChI is InChI=1S/C14H19N3O/c1-3-13(9-12-7-5-4-6-8-12)15-10-14-16-11(2)17-18-14/h4-8,13,15H,3,9-10H2,1-2H3. The summed E-state index contributed by atoms with van der Waals surface area (Å²) in [5.74, 6) is 1.34. The van der Waals surface area contributed by atoms with E-state index in [1.807, 2.05) is 13.0 Å². The molecule has 1 unspecified atom stereocenters. The van der Waals surface area contributed by atoms with Gasteiger partial charge in [-0.05, 0) is 25.3 Å². The van der Waals surface area contributed by atoms with Crippen LogP contribution in [0.15, 0.2) is 34.9 Å². The summed E-state index contributed by atoms with van der Waals surface area (Å²) in [5, 5.41) is 7.23. The molecule has 0 saturated heterocycles. The molecular formula is C14H19N3O. The maximum Gasteiger partial charge on any atom is 0.240 e. The molecule has 1 heterocycles. The number of benzene rings is 1. The molecule has 0 aliphatic carbocycles. The molecule has 0 saturated carbocycles. The lowest BCUT2D eigenvalue weighted by Crippen LogP contribution is -2.30. The molecule has 0 aliphatic heterocycles. The summed E-state index contributed by atoms with van der Waals surface area (Å²) < 4.78 is 5.09. The van der Waals surface area contributed by atoms with Gasteiger partial charge in [0.15, 0.2) is 5.82 Å². The molecule has 0 spiro atoms. The van der Waals surface area contributed by atoms with Gasteiger partial charge in [0.25, 0.3) is 0 Å². The Hall–Kier alpha value is -1.68. The van der Waals surface area contributed by atoms with Gasteiger partial charge in [-0.2, -0.15) is 4.98 Å². The molecule has 0 radical (unpaired) electrons. The van der Waals surface area contributed by atoms with Crippen LogP contribution in [-0.2, 0) is 13.0 Å². The second kappa shape index (κ2) is 6.31. The van der Waals surface area contributed by atoms with E-state index >= 15 is 0 Å². The first-order valence-electron chi connectivity index (χ1n) is 6.34. The van der Waals surface area contributed by atoms with Crippen LogP contribution >= 0.6 is 0 Å². The van der Waals surface area contributed by atoms with Crippen LogP contribution in [0.3, 0.4) is 0 Å². The zero-order valence-electron chi connectivity index (χ0n) is 10.9. The lowest BCUT2D eigenvalue weighted by Gasteiger charge is -2.15. The normalized spacial score (nSPS) is 12.6. The van der Waals surface area contributed by atoms with Gasteiger partial charge >= 0.3 is 0 Å². The summed E-state index contributed by atoms with van der Waals surface area (Å²) in [5.41, 5.74) is 1.35. The topological polar surface area (TPSA) is 51.0 Å². The molecule has 4 nitrogen and oxygen atoms in total. The van der Waals surface area contributed by atoms with E-state index < -0.39 is 0 Å². The quantitative estimate of drug-likeness (QED) is 0.849. The van der Waals surface area contributed by atoms with Crippen LogP contribution in [0.5, 0.6) is 0 Å². The Labute approximate surface area is 107 Å². The van der Waals surface area contributed by atoms with Crippen LogP contribution in [-0.4, -0.2) is 16.2 Å². The molecule has 1 atom stereocenters. The molecule has 2 aromatic rings. The van der Waals surface area contributed by atoms with Crippen molar-refractivity contribution in [2.45, 2.75) is 39.3 Å². The molecule has 18 heavy (non-hydrogen) atoms. The minimum atomic E-state index is 0.430. The van der Waals surface area contributed by atoms with Crippen molar-refractivity contribution in [2.24, 2.45) is 0 Å². The van der Waals surface area contributed by atoms with Gasteiger partial charge < -0.3 is 9.84 Å². The average molecular weight is 245 g/mol. The second-order valence-electron chi connectivity index (χ2n) is 4.41. The number of rotatable bonds is 6. The molecular weight excluding hydrogens is 226 g/mol. The highest BCUT2D eigenvalue weighted by Gasteiger charge is 2.09. The molecule has 1 N–H and O–H groups in total. The van der Waals surface area contributed by atoms with Crippen molar-refractivity contribution in [3.8, 4) is 0 Å². The number of nitrogens with one attached hydrogen (secondary N) is 1. The summed E-state index contributed by atoms with van der Waals surface area (Å²) in [6.45, 7) is 4.64. The molecule has 1 aromatic heterocycles. The van der Waals surface area contributed by atoms with Crippen LogP contribution in [0.4, 0.5) is 0 Å². The number of nitrogens with zero attached hydrogens (tertiary/aromatic N) is 2.